The molecule has 0 N–H and O–H groups in total. The number of carbonyl (C=O) groups is 1. The van der Waals surface area contributed by atoms with E-state index in [1.165, 1.54) is 19.2 Å². The van der Waals surface area contributed by atoms with E-state index in [0.717, 1.165) is 24.3 Å². The number of methoxy groups -OCH3 is 1. The van der Waals surface area contributed by atoms with E-state index < -0.39 is 28.2 Å². The predicted molar refractivity (Wildman–Crippen MR) is 75.1 cm³/mol. The van der Waals surface area contributed by atoms with Crippen LogP contribution >= 0.6 is 0 Å². The van der Waals surface area contributed by atoms with Gasteiger partial charge >= 0.3 is 11.7 Å². The van der Waals surface area contributed by atoms with Gasteiger partial charge < -0.3 is 9.47 Å². The third-order valence-corrected chi connectivity index (χ3v) is 2.98. The molecule has 0 saturated heterocycles. The number of carbonyl (C=O) groups excluding carboxylic acids is 1. The molecule has 0 aliphatic carbocycles. The summed E-state index contributed by atoms with van der Waals surface area (Å²) in [5, 5.41) is 10.8. The van der Waals surface area contributed by atoms with E-state index in [0.29, 0.717) is 0 Å². The molecule has 120 valence electrons. The Labute approximate surface area is 129 Å². The van der Waals surface area contributed by atoms with Crippen LogP contribution in [0.3, 0.4) is 0 Å². The van der Waals surface area contributed by atoms with Crippen molar-refractivity contribution in [3.05, 3.63) is 69.3 Å². The van der Waals surface area contributed by atoms with E-state index in [1.54, 1.807) is 0 Å². The van der Waals surface area contributed by atoms with E-state index in [-0.39, 0.29) is 23.5 Å². The zero-order valence-corrected chi connectivity index (χ0v) is 11.9. The maximum Gasteiger partial charge on any atom is 0.337 e. The summed E-state index contributed by atoms with van der Waals surface area (Å²) in [6.07, 6.45) is 0. The van der Waals surface area contributed by atoms with Gasteiger partial charge in [0.15, 0.2) is 5.75 Å². The van der Waals surface area contributed by atoms with Gasteiger partial charge in [0.25, 0.3) is 0 Å². The zero-order valence-electron chi connectivity index (χ0n) is 11.9. The number of nitro groups is 1. The zero-order chi connectivity index (χ0) is 17.0. The summed E-state index contributed by atoms with van der Waals surface area (Å²) in [7, 11) is 1.17. The van der Waals surface area contributed by atoms with Crippen molar-refractivity contribution in [2.75, 3.05) is 7.11 Å². The third-order valence-electron chi connectivity index (χ3n) is 2.98. The Balaban J connectivity index is 2.20. The van der Waals surface area contributed by atoms with Crippen molar-refractivity contribution < 1.29 is 28.0 Å². The number of nitrogens with zero attached hydrogens (tertiary/aromatic N) is 1. The van der Waals surface area contributed by atoms with Crippen LogP contribution in [-0.4, -0.2) is 18.0 Å². The SMILES string of the molecule is COC(=O)c1ccc(COc2cc(F)ccc2[N+](=O)[O-])c(F)c1. The Morgan fingerprint density at radius 3 is 2.57 bits per heavy atom. The first-order chi connectivity index (χ1) is 10.9. The number of halogens is 2. The number of ether oxygens (including phenoxy) is 2. The molecule has 2 aromatic carbocycles. The lowest BCUT2D eigenvalue weighted by atomic mass is 10.1. The van der Waals surface area contributed by atoms with Crippen LogP contribution in [0.4, 0.5) is 14.5 Å². The number of nitro benzene ring substituents is 1. The van der Waals surface area contributed by atoms with Crippen molar-refractivity contribution in [1.29, 1.82) is 0 Å². The third kappa shape index (κ3) is 3.79. The Bertz CT molecular complexity index is 764. The number of rotatable bonds is 5. The highest BCUT2D eigenvalue weighted by Crippen LogP contribution is 2.28. The predicted octanol–water partition coefficient (Wildman–Crippen LogP) is 3.24. The van der Waals surface area contributed by atoms with Crippen molar-refractivity contribution in [1.82, 2.24) is 0 Å². The van der Waals surface area contributed by atoms with Crippen LogP contribution in [-0.2, 0) is 11.3 Å². The van der Waals surface area contributed by atoms with E-state index in [1.807, 2.05) is 0 Å². The Kier molecular flexibility index (Phi) is 4.85. The smallest absolute Gasteiger partial charge is 0.337 e. The number of hydrogen-bond acceptors (Lipinski definition) is 5. The molecule has 0 saturated carbocycles. The number of esters is 1. The highest BCUT2D eigenvalue weighted by Gasteiger charge is 2.17. The van der Waals surface area contributed by atoms with Crippen molar-refractivity contribution in [3.8, 4) is 5.75 Å². The van der Waals surface area contributed by atoms with Gasteiger partial charge in [0.2, 0.25) is 0 Å². The molecule has 0 unspecified atom stereocenters. The molecule has 2 rings (SSSR count). The first kappa shape index (κ1) is 16.3. The maximum absolute atomic E-state index is 13.9. The maximum atomic E-state index is 13.9. The van der Waals surface area contributed by atoms with Gasteiger partial charge in [-0.3, -0.25) is 10.1 Å². The van der Waals surface area contributed by atoms with Crippen LogP contribution in [0, 0.1) is 21.7 Å². The minimum Gasteiger partial charge on any atom is -0.482 e. The molecule has 0 fully saturated rings. The second-order valence-electron chi connectivity index (χ2n) is 4.46. The average molecular weight is 323 g/mol. The second kappa shape index (κ2) is 6.82. The van der Waals surface area contributed by atoms with Crippen molar-refractivity contribution >= 4 is 11.7 Å². The first-order valence-corrected chi connectivity index (χ1v) is 6.36. The van der Waals surface area contributed by atoms with Crippen LogP contribution in [0.1, 0.15) is 15.9 Å². The summed E-state index contributed by atoms with van der Waals surface area (Å²) in [5.41, 5.74) is -0.361. The molecule has 0 spiro atoms. The lowest BCUT2D eigenvalue weighted by Gasteiger charge is -2.08. The van der Waals surface area contributed by atoms with E-state index in [4.69, 9.17) is 4.74 Å². The molecule has 8 heteroatoms. The number of benzene rings is 2. The van der Waals surface area contributed by atoms with Gasteiger partial charge in [-0.15, -0.1) is 0 Å². The molecule has 0 aromatic heterocycles. The van der Waals surface area contributed by atoms with Crippen LogP contribution in [0.25, 0.3) is 0 Å². The molecule has 0 amide bonds. The van der Waals surface area contributed by atoms with Crippen LogP contribution in [0.2, 0.25) is 0 Å². The Morgan fingerprint density at radius 2 is 1.96 bits per heavy atom. The van der Waals surface area contributed by atoms with Gasteiger partial charge in [0.1, 0.15) is 18.2 Å². The highest BCUT2D eigenvalue weighted by atomic mass is 19.1. The summed E-state index contributed by atoms with van der Waals surface area (Å²) in [6.45, 7) is -0.364. The molecule has 0 atom stereocenters. The molecule has 0 radical (unpaired) electrons. The van der Waals surface area contributed by atoms with Crippen LogP contribution in [0.15, 0.2) is 36.4 Å². The Hall–Kier alpha value is -3.03. The summed E-state index contributed by atoms with van der Waals surface area (Å²) in [5.74, 6) is -2.47. The lowest BCUT2D eigenvalue weighted by Crippen LogP contribution is -2.05. The molecular formula is C15H11F2NO5. The van der Waals surface area contributed by atoms with Gasteiger partial charge in [0.05, 0.1) is 17.6 Å². The molecule has 0 heterocycles. The Morgan fingerprint density at radius 1 is 1.22 bits per heavy atom. The largest absolute Gasteiger partial charge is 0.482 e. The standard InChI is InChI=1S/C15H11F2NO5/c1-22-15(19)9-2-3-10(12(17)6-9)8-23-14-7-11(16)4-5-13(14)18(20)21/h2-7H,8H2,1H3. The second-order valence-corrected chi connectivity index (χ2v) is 4.46. The molecule has 6 nitrogen and oxygen atoms in total. The molecule has 0 bridgehead atoms. The van der Waals surface area contributed by atoms with Crippen molar-refractivity contribution in [2.45, 2.75) is 6.61 Å². The van der Waals surface area contributed by atoms with Crippen LogP contribution < -0.4 is 4.74 Å². The highest BCUT2D eigenvalue weighted by molar-refractivity contribution is 5.89. The summed E-state index contributed by atoms with van der Waals surface area (Å²) < 4.78 is 36.7. The van der Waals surface area contributed by atoms with Crippen LogP contribution in [0.5, 0.6) is 5.75 Å². The van der Waals surface area contributed by atoms with Gasteiger partial charge in [0, 0.05) is 17.7 Å². The fourth-order valence-corrected chi connectivity index (χ4v) is 1.82. The fraction of sp³-hybridized carbons (Fsp3) is 0.133. The van der Waals surface area contributed by atoms with Crippen molar-refractivity contribution in [3.63, 3.8) is 0 Å². The minimum atomic E-state index is -0.744. The molecule has 0 aliphatic heterocycles. The monoisotopic (exact) mass is 323 g/mol. The number of hydrogen-bond donors (Lipinski definition) is 0. The first-order valence-electron chi connectivity index (χ1n) is 6.36. The van der Waals surface area contributed by atoms with E-state index in [9.17, 15) is 23.7 Å². The topological polar surface area (TPSA) is 78.7 Å². The van der Waals surface area contributed by atoms with Gasteiger partial charge in [-0.1, -0.05) is 6.07 Å². The quantitative estimate of drug-likeness (QED) is 0.479. The molecule has 0 aliphatic rings. The van der Waals surface area contributed by atoms with Gasteiger partial charge in [-0.2, -0.15) is 0 Å². The summed E-state index contributed by atoms with van der Waals surface area (Å²) >= 11 is 0. The van der Waals surface area contributed by atoms with Crippen molar-refractivity contribution in [2.24, 2.45) is 0 Å². The average Bonchev–Trinajstić information content (AvgIpc) is 2.52. The molecular weight excluding hydrogens is 312 g/mol. The van der Waals surface area contributed by atoms with E-state index in [2.05, 4.69) is 4.74 Å². The fourth-order valence-electron chi connectivity index (χ4n) is 1.82. The van der Waals surface area contributed by atoms with Gasteiger partial charge in [-0.25, -0.2) is 13.6 Å². The van der Waals surface area contributed by atoms with Gasteiger partial charge in [-0.05, 0) is 18.2 Å². The normalized spacial score (nSPS) is 10.2. The summed E-state index contributed by atoms with van der Waals surface area (Å²) in [6, 6.07) is 6.31. The van der Waals surface area contributed by atoms with E-state index >= 15 is 0 Å². The molecule has 2 aromatic rings. The minimum absolute atomic E-state index is 0.0190. The lowest BCUT2D eigenvalue weighted by molar-refractivity contribution is -0.386. The molecule has 23 heavy (non-hydrogen) atoms. The summed E-state index contributed by atoms with van der Waals surface area (Å²) in [4.78, 5) is 21.4.